The summed E-state index contributed by atoms with van der Waals surface area (Å²) in [7, 11) is 0. The zero-order chi connectivity index (χ0) is 16.4. The van der Waals surface area contributed by atoms with Crippen LogP contribution in [0.4, 0.5) is 5.69 Å². The Hall–Kier alpha value is -2.77. The maximum atomic E-state index is 12.4. The summed E-state index contributed by atoms with van der Waals surface area (Å²) in [6, 6.07) is 14.6. The molecule has 0 radical (unpaired) electrons. The van der Waals surface area contributed by atoms with Crippen LogP contribution in [0.1, 0.15) is 21.7 Å². The van der Waals surface area contributed by atoms with E-state index in [1.54, 1.807) is 30.3 Å². The second-order valence-corrected chi connectivity index (χ2v) is 5.57. The van der Waals surface area contributed by atoms with Gasteiger partial charge in [-0.3, -0.25) is 4.79 Å². The van der Waals surface area contributed by atoms with Crippen molar-refractivity contribution in [3.8, 4) is 6.07 Å². The normalized spacial score (nSPS) is 10.5. The van der Waals surface area contributed by atoms with E-state index in [0.717, 1.165) is 16.5 Å². The van der Waals surface area contributed by atoms with E-state index in [9.17, 15) is 4.79 Å². The number of hydrogen-bond donors (Lipinski definition) is 1. The molecule has 0 fully saturated rings. The van der Waals surface area contributed by atoms with Crippen LogP contribution in [-0.4, -0.2) is 5.91 Å². The van der Waals surface area contributed by atoms with Gasteiger partial charge in [0.05, 0.1) is 17.5 Å². The molecule has 4 nitrogen and oxygen atoms in total. The van der Waals surface area contributed by atoms with E-state index in [1.165, 1.54) is 0 Å². The summed E-state index contributed by atoms with van der Waals surface area (Å²) in [6.07, 6.45) is 0.343. The summed E-state index contributed by atoms with van der Waals surface area (Å²) in [4.78, 5) is 12.4. The number of carbonyl (C=O) groups excluding carboxylic acids is 1. The van der Waals surface area contributed by atoms with Gasteiger partial charge in [-0.15, -0.1) is 0 Å². The van der Waals surface area contributed by atoms with Crippen molar-refractivity contribution >= 4 is 34.2 Å². The van der Waals surface area contributed by atoms with E-state index >= 15 is 0 Å². The number of para-hydroxylation sites is 1. The lowest BCUT2D eigenvalue weighted by Crippen LogP contribution is -2.12. The van der Waals surface area contributed by atoms with Gasteiger partial charge in [-0.1, -0.05) is 35.9 Å². The van der Waals surface area contributed by atoms with Crippen molar-refractivity contribution in [3.63, 3.8) is 0 Å². The van der Waals surface area contributed by atoms with Crippen LogP contribution in [0.3, 0.4) is 0 Å². The molecule has 5 heteroatoms. The Kier molecular flexibility index (Phi) is 4.05. The Morgan fingerprint density at radius 2 is 2.00 bits per heavy atom. The number of rotatable bonds is 3. The molecule has 1 heterocycles. The third-order valence-corrected chi connectivity index (χ3v) is 3.91. The standard InChI is InChI=1S/C18H13ClN2O2/c1-11-14-3-2-4-15(19)17(14)23-16(11)18(22)21-13-7-5-12(6-8-13)9-10-20/h2-8H,9H2,1H3,(H,21,22). The van der Waals surface area contributed by atoms with Crippen LogP contribution in [0.2, 0.25) is 5.02 Å². The molecule has 0 bridgehead atoms. The fraction of sp³-hybridized carbons (Fsp3) is 0.111. The Morgan fingerprint density at radius 1 is 1.26 bits per heavy atom. The lowest BCUT2D eigenvalue weighted by molar-refractivity contribution is 0.0998. The summed E-state index contributed by atoms with van der Waals surface area (Å²) in [5.74, 6) is -0.0861. The molecule has 0 aliphatic carbocycles. The number of carbonyl (C=O) groups is 1. The van der Waals surface area contributed by atoms with Crippen LogP contribution >= 0.6 is 11.6 Å². The molecule has 0 spiro atoms. The highest BCUT2D eigenvalue weighted by Gasteiger charge is 2.19. The summed E-state index contributed by atoms with van der Waals surface area (Å²) >= 11 is 6.10. The molecular formula is C18H13ClN2O2. The van der Waals surface area contributed by atoms with Crippen molar-refractivity contribution in [3.05, 3.63) is 64.4 Å². The van der Waals surface area contributed by atoms with Gasteiger partial charge >= 0.3 is 0 Å². The van der Waals surface area contributed by atoms with Gasteiger partial charge in [-0.25, -0.2) is 0 Å². The molecule has 0 aliphatic rings. The minimum Gasteiger partial charge on any atom is -0.449 e. The van der Waals surface area contributed by atoms with Crippen molar-refractivity contribution in [2.45, 2.75) is 13.3 Å². The van der Waals surface area contributed by atoms with E-state index in [4.69, 9.17) is 21.3 Å². The van der Waals surface area contributed by atoms with E-state index in [1.807, 2.05) is 19.1 Å². The van der Waals surface area contributed by atoms with Crippen molar-refractivity contribution in [1.82, 2.24) is 0 Å². The van der Waals surface area contributed by atoms with E-state index in [2.05, 4.69) is 11.4 Å². The van der Waals surface area contributed by atoms with Crippen LogP contribution in [-0.2, 0) is 6.42 Å². The number of benzene rings is 2. The van der Waals surface area contributed by atoms with Crippen LogP contribution < -0.4 is 5.32 Å². The average molecular weight is 325 g/mol. The summed E-state index contributed by atoms with van der Waals surface area (Å²) in [5, 5.41) is 12.8. The monoisotopic (exact) mass is 324 g/mol. The first-order valence-corrected chi connectivity index (χ1v) is 7.43. The number of anilines is 1. The number of aryl methyl sites for hydroxylation is 1. The molecule has 114 valence electrons. The second-order valence-electron chi connectivity index (χ2n) is 5.16. The lowest BCUT2D eigenvalue weighted by Gasteiger charge is -2.04. The first-order chi connectivity index (χ1) is 11.1. The number of nitriles is 1. The first kappa shape index (κ1) is 15.1. The number of nitrogens with one attached hydrogen (secondary N) is 1. The first-order valence-electron chi connectivity index (χ1n) is 7.05. The minimum atomic E-state index is -0.331. The fourth-order valence-corrected chi connectivity index (χ4v) is 2.62. The topological polar surface area (TPSA) is 66.0 Å². The number of halogens is 1. The van der Waals surface area contributed by atoms with Gasteiger partial charge in [0.25, 0.3) is 5.91 Å². The molecule has 3 rings (SSSR count). The van der Waals surface area contributed by atoms with Gasteiger partial charge in [0.1, 0.15) is 0 Å². The molecular weight excluding hydrogens is 312 g/mol. The van der Waals surface area contributed by atoms with Gasteiger partial charge in [-0.05, 0) is 30.7 Å². The Morgan fingerprint density at radius 3 is 2.65 bits per heavy atom. The predicted octanol–water partition coefficient (Wildman–Crippen LogP) is 4.71. The van der Waals surface area contributed by atoms with Gasteiger partial charge < -0.3 is 9.73 Å². The third-order valence-electron chi connectivity index (χ3n) is 3.62. The molecule has 3 aromatic rings. The zero-order valence-electron chi connectivity index (χ0n) is 12.4. The van der Waals surface area contributed by atoms with Gasteiger partial charge in [0.2, 0.25) is 0 Å². The van der Waals surface area contributed by atoms with E-state index in [-0.39, 0.29) is 11.7 Å². The Bertz CT molecular complexity index is 921. The Balaban J connectivity index is 1.87. The molecule has 1 N–H and O–H groups in total. The molecule has 0 atom stereocenters. The van der Waals surface area contributed by atoms with Crippen molar-refractivity contribution in [1.29, 1.82) is 5.26 Å². The average Bonchev–Trinajstić information content (AvgIpc) is 2.88. The van der Waals surface area contributed by atoms with Crippen LogP contribution in [0.5, 0.6) is 0 Å². The molecule has 23 heavy (non-hydrogen) atoms. The highest BCUT2D eigenvalue weighted by Crippen LogP contribution is 2.31. The number of nitrogens with zero attached hydrogens (tertiary/aromatic N) is 1. The van der Waals surface area contributed by atoms with E-state index < -0.39 is 0 Å². The van der Waals surface area contributed by atoms with Gasteiger partial charge in [-0.2, -0.15) is 5.26 Å². The summed E-state index contributed by atoms with van der Waals surface area (Å²) in [5.41, 5.74) is 2.81. The van der Waals surface area contributed by atoms with Crippen molar-refractivity contribution in [2.24, 2.45) is 0 Å². The number of furan rings is 1. The lowest BCUT2D eigenvalue weighted by atomic mass is 10.1. The molecule has 0 aliphatic heterocycles. The van der Waals surface area contributed by atoms with Crippen molar-refractivity contribution in [2.75, 3.05) is 5.32 Å². The number of hydrogen-bond acceptors (Lipinski definition) is 3. The zero-order valence-corrected chi connectivity index (χ0v) is 13.1. The molecule has 0 unspecified atom stereocenters. The smallest absolute Gasteiger partial charge is 0.291 e. The number of fused-ring (bicyclic) bond motifs is 1. The number of amides is 1. The van der Waals surface area contributed by atoms with Gasteiger partial charge in [0.15, 0.2) is 11.3 Å². The molecule has 0 saturated carbocycles. The summed E-state index contributed by atoms with van der Waals surface area (Å²) < 4.78 is 5.64. The highest BCUT2D eigenvalue weighted by atomic mass is 35.5. The predicted molar refractivity (Wildman–Crippen MR) is 89.7 cm³/mol. The van der Waals surface area contributed by atoms with E-state index in [0.29, 0.717) is 22.7 Å². The maximum absolute atomic E-state index is 12.4. The Labute approximate surface area is 138 Å². The van der Waals surface area contributed by atoms with Gasteiger partial charge in [0, 0.05) is 16.6 Å². The molecule has 2 aromatic carbocycles. The quantitative estimate of drug-likeness (QED) is 0.758. The fourth-order valence-electron chi connectivity index (χ4n) is 2.41. The van der Waals surface area contributed by atoms with Crippen LogP contribution in [0, 0.1) is 18.3 Å². The molecule has 1 aromatic heterocycles. The summed E-state index contributed by atoms with van der Waals surface area (Å²) in [6.45, 7) is 1.83. The molecule has 1 amide bonds. The SMILES string of the molecule is Cc1c(C(=O)Nc2ccc(CC#N)cc2)oc2c(Cl)cccc12. The van der Waals surface area contributed by atoms with Crippen LogP contribution in [0.25, 0.3) is 11.0 Å². The molecule has 0 saturated heterocycles. The van der Waals surface area contributed by atoms with Crippen LogP contribution in [0.15, 0.2) is 46.9 Å². The van der Waals surface area contributed by atoms with Crippen molar-refractivity contribution < 1.29 is 9.21 Å². The second kappa shape index (κ2) is 6.15. The largest absolute Gasteiger partial charge is 0.449 e. The maximum Gasteiger partial charge on any atom is 0.291 e. The third kappa shape index (κ3) is 2.92. The highest BCUT2D eigenvalue weighted by molar-refractivity contribution is 6.35. The minimum absolute atomic E-state index is 0.245.